The number of cyclic esters (lactones) is 1. The number of carbonyl (C=O) groups is 1. The smallest absolute Gasteiger partial charge is 0.308 e. The summed E-state index contributed by atoms with van der Waals surface area (Å²) in [6, 6.07) is 0. The van der Waals surface area contributed by atoms with Crippen LogP contribution in [-0.2, 0) is 23.4 Å². The van der Waals surface area contributed by atoms with Crippen molar-refractivity contribution in [2.24, 2.45) is 0 Å². The standard InChI is InChI=1S/C26H48O5Si/c1-11-12-22(28-9)14-13-21(8)15-25(24-16-23(29-10)17-26(27)30-24)31-32(18(2)3,19(4)5)20(6)7/h13-15,18-20,22-25H,11-12,16-17H2,1-10H3/t22-,23-,24-,25-/m1/s1. The molecule has 1 heterocycles. The first-order valence-electron chi connectivity index (χ1n) is 12.3. The third-order valence-electron chi connectivity index (χ3n) is 6.80. The summed E-state index contributed by atoms with van der Waals surface area (Å²) in [5.41, 5.74) is 2.40. The van der Waals surface area contributed by atoms with E-state index >= 15 is 0 Å². The van der Waals surface area contributed by atoms with Gasteiger partial charge in [-0.1, -0.05) is 78.7 Å². The molecule has 0 aromatic heterocycles. The largest absolute Gasteiger partial charge is 0.459 e. The van der Waals surface area contributed by atoms with E-state index in [1.807, 2.05) is 0 Å². The van der Waals surface area contributed by atoms with Crippen molar-refractivity contribution in [1.82, 2.24) is 0 Å². The Morgan fingerprint density at radius 3 is 2.19 bits per heavy atom. The molecule has 0 bridgehead atoms. The molecular formula is C26H48O5Si. The fourth-order valence-corrected chi connectivity index (χ4v) is 10.7. The summed E-state index contributed by atoms with van der Waals surface area (Å²) >= 11 is 0. The second-order valence-electron chi connectivity index (χ2n) is 10.1. The van der Waals surface area contributed by atoms with Crippen LogP contribution in [-0.4, -0.2) is 52.9 Å². The Morgan fingerprint density at radius 2 is 1.72 bits per heavy atom. The highest BCUT2D eigenvalue weighted by molar-refractivity contribution is 6.77. The summed E-state index contributed by atoms with van der Waals surface area (Å²) in [7, 11) is 1.22. The van der Waals surface area contributed by atoms with Crippen molar-refractivity contribution in [3.8, 4) is 0 Å². The summed E-state index contributed by atoms with van der Waals surface area (Å²) < 4.78 is 24.1. The van der Waals surface area contributed by atoms with E-state index in [2.05, 4.69) is 73.6 Å². The lowest BCUT2D eigenvalue weighted by Gasteiger charge is -2.46. The van der Waals surface area contributed by atoms with Crippen molar-refractivity contribution in [2.75, 3.05) is 14.2 Å². The van der Waals surface area contributed by atoms with Gasteiger partial charge in [-0.3, -0.25) is 4.79 Å². The number of rotatable bonds is 13. The Labute approximate surface area is 198 Å². The fourth-order valence-electron chi connectivity index (χ4n) is 5.19. The molecule has 186 valence electrons. The molecule has 0 aromatic rings. The van der Waals surface area contributed by atoms with Crippen LogP contribution >= 0.6 is 0 Å². The Morgan fingerprint density at radius 1 is 1.12 bits per heavy atom. The van der Waals surface area contributed by atoms with Gasteiger partial charge < -0.3 is 18.6 Å². The van der Waals surface area contributed by atoms with E-state index in [-0.39, 0.29) is 30.4 Å². The van der Waals surface area contributed by atoms with Crippen molar-refractivity contribution in [3.63, 3.8) is 0 Å². The third-order valence-corrected chi connectivity index (χ3v) is 12.9. The van der Waals surface area contributed by atoms with E-state index < -0.39 is 8.32 Å². The van der Waals surface area contributed by atoms with Crippen LogP contribution in [0.15, 0.2) is 23.8 Å². The quantitative estimate of drug-likeness (QED) is 0.173. The molecule has 1 saturated heterocycles. The molecule has 32 heavy (non-hydrogen) atoms. The van der Waals surface area contributed by atoms with Crippen LogP contribution in [0.4, 0.5) is 0 Å². The zero-order chi connectivity index (χ0) is 24.5. The minimum atomic E-state index is -2.19. The van der Waals surface area contributed by atoms with Crippen molar-refractivity contribution in [2.45, 2.75) is 122 Å². The van der Waals surface area contributed by atoms with Gasteiger partial charge in [0.1, 0.15) is 12.2 Å². The molecule has 0 aromatic carbocycles. The predicted octanol–water partition coefficient (Wildman–Crippen LogP) is 6.59. The summed E-state index contributed by atoms with van der Waals surface area (Å²) in [4.78, 5) is 12.3. The van der Waals surface area contributed by atoms with E-state index in [9.17, 15) is 4.79 Å². The van der Waals surface area contributed by atoms with Gasteiger partial charge in [-0.25, -0.2) is 0 Å². The molecule has 0 amide bonds. The van der Waals surface area contributed by atoms with Crippen molar-refractivity contribution in [3.05, 3.63) is 23.8 Å². The predicted molar refractivity (Wildman–Crippen MR) is 134 cm³/mol. The van der Waals surface area contributed by atoms with Gasteiger partial charge in [-0.15, -0.1) is 0 Å². The minimum Gasteiger partial charge on any atom is -0.459 e. The van der Waals surface area contributed by atoms with Crippen LogP contribution in [0.25, 0.3) is 0 Å². The van der Waals surface area contributed by atoms with E-state index in [0.717, 1.165) is 18.4 Å². The summed E-state index contributed by atoms with van der Waals surface area (Å²) in [6.45, 7) is 17.9. The van der Waals surface area contributed by atoms with Crippen LogP contribution in [0.3, 0.4) is 0 Å². The maximum absolute atomic E-state index is 12.3. The third kappa shape index (κ3) is 7.82. The molecule has 0 aliphatic carbocycles. The van der Waals surface area contributed by atoms with Crippen LogP contribution in [0.1, 0.15) is 81.1 Å². The second-order valence-corrected chi connectivity index (χ2v) is 15.5. The van der Waals surface area contributed by atoms with E-state index in [1.165, 1.54) is 0 Å². The maximum atomic E-state index is 12.3. The number of ether oxygens (including phenoxy) is 3. The highest BCUT2D eigenvalue weighted by atomic mass is 28.4. The first kappa shape index (κ1) is 29.1. The Hall–Kier alpha value is -0.953. The molecule has 0 radical (unpaired) electrons. The lowest BCUT2D eigenvalue weighted by molar-refractivity contribution is -0.167. The van der Waals surface area contributed by atoms with Crippen molar-refractivity contribution < 1.29 is 23.4 Å². The van der Waals surface area contributed by atoms with E-state index in [0.29, 0.717) is 29.5 Å². The molecule has 4 atom stereocenters. The monoisotopic (exact) mass is 468 g/mol. The number of hydrogen-bond donors (Lipinski definition) is 0. The van der Waals surface area contributed by atoms with Crippen LogP contribution in [0, 0.1) is 0 Å². The van der Waals surface area contributed by atoms with Gasteiger partial charge in [0.15, 0.2) is 0 Å². The van der Waals surface area contributed by atoms with E-state index in [4.69, 9.17) is 18.6 Å². The van der Waals surface area contributed by atoms with Gasteiger partial charge in [0.25, 0.3) is 0 Å². The summed E-state index contributed by atoms with van der Waals surface area (Å²) in [5.74, 6) is -0.211. The topological polar surface area (TPSA) is 54.0 Å². The molecule has 6 heteroatoms. The average Bonchev–Trinajstić information content (AvgIpc) is 2.72. The number of methoxy groups -OCH3 is 2. The SMILES string of the molecule is CCC[C@H](C=CC(C)=C[C@@H](O[Si](C(C)C)(C(C)C)C(C)C)[C@H]1C[C@@H](OC)CC(=O)O1)OC. The van der Waals surface area contributed by atoms with Crippen LogP contribution in [0.2, 0.25) is 16.6 Å². The second kappa shape index (κ2) is 13.7. The maximum Gasteiger partial charge on any atom is 0.308 e. The summed E-state index contributed by atoms with van der Waals surface area (Å²) in [5, 5.41) is 0. The van der Waals surface area contributed by atoms with Gasteiger partial charge in [-0.05, 0) is 30.0 Å². The van der Waals surface area contributed by atoms with E-state index in [1.54, 1.807) is 14.2 Å². The average molecular weight is 469 g/mol. The number of carbonyl (C=O) groups excluding carboxylic acids is 1. The molecule has 1 rings (SSSR count). The highest BCUT2D eigenvalue weighted by Gasteiger charge is 2.48. The number of allylic oxidation sites excluding steroid dienone is 2. The number of esters is 1. The molecule has 0 spiro atoms. The van der Waals surface area contributed by atoms with Gasteiger partial charge in [0.2, 0.25) is 8.32 Å². The molecule has 0 unspecified atom stereocenters. The van der Waals surface area contributed by atoms with Crippen LogP contribution in [0.5, 0.6) is 0 Å². The Kier molecular flexibility index (Phi) is 12.4. The van der Waals surface area contributed by atoms with Gasteiger partial charge in [-0.2, -0.15) is 0 Å². The fraction of sp³-hybridized carbons (Fsp3) is 0.808. The molecule has 1 aliphatic heterocycles. The normalized spacial score (nSPS) is 22.8. The lowest BCUT2D eigenvalue weighted by Crippen LogP contribution is -2.53. The van der Waals surface area contributed by atoms with Crippen LogP contribution < -0.4 is 0 Å². The molecule has 1 aliphatic rings. The minimum absolute atomic E-state index is 0.101. The molecule has 5 nitrogen and oxygen atoms in total. The zero-order valence-corrected chi connectivity index (χ0v) is 23.1. The van der Waals surface area contributed by atoms with Gasteiger partial charge in [0, 0.05) is 20.6 Å². The molecule has 0 N–H and O–H groups in total. The first-order valence-corrected chi connectivity index (χ1v) is 14.4. The van der Waals surface area contributed by atoms with Gasteiger partial charge >= 0.3 is 5.97 Å². The first-order chi connectivity index (χ1) is 15.0. The summed E-state index contributed by atoms with van der Waals surface area (Å²) in [6.07, 6.45) is 8.67. The zero-order valence-electron chi connectivity index (χ0n) is 22.1. The van der Waals surface area contributed by atoms with Gasteiger partial charge in [0.05, 0.1) is 18.6 Å². The molecule has 0 saturated carbocycles. The Bertz CT molecular complexity index is 604. The number of hydrogen-bond acceptors (Lipinski definition) is 5. The van der Waals surface area contributed by atoms with Crippen molar-refractivity contribution in [1.29, 1.82) is 0 Å². The highest BCUT2D eigenvalue weighted by Crippen LogP contribution is 2.44. The Balaban J connectivity index is 3.34. The molecular weight excluding hydrogens is 420 g/mol. The van der Waals surface area contributed by atoms with Crippen molar-refractivity contribution >= 4 is 14.3 Å². The molecule has 1 fully saturated rings. The lowest BCUT2D eigenvalue weighted by atomic mass is 9.99.